The molecule has 1 saturated heterocycles. The van der Waals surface area contributed by atoms with Gasteiger partial charge in [0.2, 0.25) is 5.91 Å². The highest BCUT2D eigenvalue weighted by atomic mass is 32.2. The van der Waals surface area contributed by atoms with Gasteiger partial charge >= 0.3 is 0 Å². The molecule has 0 saturated carbocycles. The van der Waals surface area contributed by atoms with E-state index in [-0.39, 0.29) is 11.8 Å². The molecular formula is C29H31N5O2S2. The van der Waals surface area contributed by atoms with Crippen molar-refractivity contribution in [1.29, 1.82) is 0 Å². The Labute approximate surface area is 233 Å². The Morgan fingerprint density at radius 2 is 1.63 bits per heavy atom. The Hall–Kier alpha value is -3.53. The molecule has 196 valence electrons. The summed E-state index contributed by atoms with van der Waals surface area (Å²) in [7, 11) is 5.63. The van der Waals surface area contributed by atoms with E-state index < -0.39 is 0 Å². The third-order valence-electron chi connectivity index (χ3n) is 5.96. The second-order valence-corrected chi connectivity index (χ2v) is 10.6. The van der Waals surface area contributed by atoms with Gasteiger partial charge in [-0.05, 0) is 74.7 Å². The molecule has 1 heterocycles. The first-order chi connectivity index (χ1) is 18.2. The van der Waals surface area contributed by atoms with Crippen LogP contribution in [0.1, 0.15) is 12.5 Å². The zero-order valence-corrected chi connectivity index (χ0v) is 23.6. The highest BCUT2D eigenvalue weighted by Gasteiger charge is 2.36. The lowest BCUT2D eigenvalue weighted by atomic mass is 10.2. The summed E-state index contributed by atoms with van der Waals surface area (Å²) in [5, 5.41) is 3.48. The summed E-state index contributed by atoms with van der Waals surface area (Å²) in [6.45, 7) is 2.65. The van der Waals surface area contributed by atoms with Crippen LogP contribution in [0.5, 0.6) is 0 Å². The van der Waals surface area contributed by atoms with E-state index in [1.807, 2.05) is 117 Å². The van der Waals surface area contributed by atoms with Crippen LogP contribution >= 0.6 is 24.4 Å². The molecule has 1 aliphatic heterocycles. The fraction of sp³-hybridized carbons (Fsp3) is 0.207. The number of para-hydroxylation sites is 1. The van der Waals surface area contributed by atoms with E-state index in [0.29, 0.717) is 34.5 Å². The predicted molar refractivity (Wildman–Crippen MR) is 160 cm³/mol. The normalized spacial score (nSPS) is 15.8. The van der Waals surface area contributed by atoms with Gasteiger partial charge in [-0.2, -0.15) is 0 Å². The molecule has 7 nitrogen and oxygen atoms in total. The summed E-state index contributed by atoms with van der Waals surface area (Å²) < 4.78 is 0. The van der Waals surface area contributed by atoms with Gasteiger partial charge in [0.1, 0.15) is 0 Å². The van der Waals surface area contributed by atoms with Crippen molar-refractivity contribution >= 4 is 58.4 Å². The fourth-order valence-corrected chi connectivity index (χ4v) is 5.30. The van der Waals surface area contributed by atoms with Crippen molar-refractivity contribution in [3.63, 3.8) is 0 Å². The van der Waals surface area contributed by atoms with Crippen LogP contribution in [-0.2, 0) is 16.1 Å². The minimum absolute atomic E-state index is 0.0859. The second kappa shape index (κ2) is 12.3. The average Bonchev–Trinajstić information content (AvgIpc) is 3.19. The van der Waals surface area contributed by atoms with E-state index in [2.05, 4.69) is 17.9 Å². The fourth-order valence-electron chi connectivity index (χ4n) is 3.91. The van der Waals surface area contributed by atoms with E-state index in [9.17, 15) is 9.59 Å². The monoisotopic (exact) mass is 545 g/mol. The summed E-state index contributed by atoms with van der Waals surface area (Å²) in [4.78, 5) is 37.6. The van der Waals surface area contributed by atoms with Gasteiger partial charge in [0.05, 0.1) is 29.4 Å². The molecule has 3 aromatic carbocycles. The maximum atomic E-state index is 13.7. The molecular weight excluding hydrogens is 514 g/mol. The molecule has 0 spiro atoms. The number of carbonyl (C=O) groups excluding carboxylic acids is 2. The van der Waals surface area contributed by atoms with Crippen LogP contribution in [0.2, 0.25) is 0 Å². The maximum absolute atomic E-state index is 13.7. The summed E-state index contributed by atoms with van der Waals surface area (Å²) in [5.74, 6) is -0.177. The van der Waals surface area contributed by atoms with E-state index >= 15 is 0 Å². The number of nitrogens with zero attached hydrogens (tertiary/aromatic N) is 4. The van der Waals surface area contributed by atoms with Gasteiger partial charge < -0.3 is 15.1 Å². The van der Waals surface area contributed by atoms with Gasteiger partial charge in [-0.25, -0.2) is 4.99 Å². The van der Waals surface area contributed by atoms with Crippen LogP contribution in [0.15, 0.2) is 99.4 Å². The number of aliphatic imine (C=N–C) groups is 1. The highest BCUT2D eigenvalue weighted by Crippen LogP contribution is 2.38. The molecule has 0 atom stereocenters. The number of benzene rings is 3. The molecule has 0 aromatic heterocycles. The zero-order chi connectivity index (χ0) is 27.2. The third-order valence-corrected chi connectivity index (χ3v) is 7.50. The van der Waals surface area contributed by atoms with E-state index in [1.165, 1.54) is 11.8 Å². The largest absolute Gasteiger partial charge is 0.346 e. The van der Waals surface area contributed by atoms with Crippen molar-refractivity contribution in [1.82, 2.24) is 9.80 Å². The Kier molecular flexibility index (Phi) is 8.93. The first kappa shape index (κ1) is 27.5. The number of amidine groups is 1. The minimum atomic E-state index is -0.0915. The molecule has 1 N–H and O–H groups in total. The Morgan fingerprint density at radius 1 is 0.974 bits per heavy atom. The molecule has 3 aromatic rings. The molecule has 0 unspecified atom stereocenters. The molecule has 9 heteroatoms. The maximum Gasteiger partial charge on any atom is 0.268 e. The lowest BCUT2D eigenvalue weighted by Crippen LogP contribution is -2.29. The Morgan fingerprint density at radius 3 is 2.29 bits per heavy atom. The number of rotatable bonds is 8. The number of allylic oxidation sites excluding steroid dienone is 1. The van der Waals surface area contributed by atoms with Crippen molar-refractivity contribution in [2.45, 2.75) is 18.4 Å². The number of nitrogens with one attached hydrogen (secondary N) is 1. The number of hydrogen-bond acceptors (Lipinski definition) is 7. The van der Waals surface area contributed by atoms with Gasteiger partial charge in [0.25, 0.3) is 5.91 Å². The number of amides is 2. The smallest absolute Gasteiger partial charge is 0.268 e. The summed E-state index contributed by atoms with van der Waals surface area (Å²) in [5.41, 5.74) is 4.14. The van der Waals surface area contributed by atoms with Crippen LogP contribution in [0.3, 0.4) is 0 Å². The topological polar surface area (TPSA) is 68.2 Å². The molecule has 0 aliphatic carbocycles. The second-order valence-electron chi connectivity index (χ2n) is 9.17. The van der Waals surface area contributed by atoms with Crippen LogP contribution in [0.4, 0.5) is 17.1 Å². The number of anilines is 2. The van der Waals surface area contributed by atoms with Crippen LogP contribution in [0, 0.1) is 0 Å². The SMILES string of the molecule is C/C(=C1\SC(=Nc2ccc(NC(=O)CN(C)C)cc2)N(Cc2ccccc2)C1=O)N(C)c1ccccc1S. The van der Waals surface area contributed by atoms with Gasteiger partial charge in [0.15, 0.2) is 5.17 Å². The molecule has 0 radical (unpaired) electrons. The lowest BCUT2D eigenvalue weighted by molar-refractivity contribution is -0.122. The van der Waals surface area contributed by atoms with E-state index in [0.717, 1.165) is 21.8 Å². The number of hydrogen-bond donors (Lipinski definition) is 2. The third kappa shape index (κ3) is 6.66. The van der Waals surface area contributed by atoms with Crippen LogP contribution < -0.4 is 10.2 Å². The standard InChI is InChI=1S/C29H31N5O2S2/c1-20(33(4)24-12-8-9-13-25(24)37)27-28(36)34(18-21-10-6-5-7-11-21)29(38-27)31-23-16-14-22(15-17-23)30-26(35)19-32(2)3/h5-17,37H,18-19H2,1-4H3,(H,30,35)/b27-20+,31-29?. The molecule has 1 fully saturated rings. The number of thiol groups is 1. The van der Waals surface area contributed by atoms with E-state index in [1.54, 1.807) is 4.90 Å². The highest BCUT2D eigenvalue weighted by molar-refractivity contribution is 8.18. The van der Waals surface area contributed by atoms with Crippen LogP contribution in [0.25, 0.3) is 0 Å². The number of likely N-dealkylation sites (N-methyl/N-ethyl adjacent to an activating group) is 1. The van der Waals surface area contributed by atoms with Crippen LogP contribution in [-0.4, -0.2) is 54.5 Å². The van der Waals surface area contributed by atoms with Gasteiger partial charge in [-0.1, -0.05) is 42.5 Å². The lowest BCUT2D eigenvalue weighted by Gasteiger charge is -2.22. The molecule has 1 aliphatic rings. The Bertz CT molecular complexity index is 1370. The Balaban J connectivity index is 1.64. The molecule has 38 heavy (non-hydrogen) atoms. The molecule has 0 bridgehead atoms. The van der Waals surface area contributed by atoms with Crippen molar-refractivity contribution in [2.24, 2.45) is 4.99 Å². The van der Waals surface area contributed by atoms with E-state index in [4.69, 9.17) is 4.99 Å². The van der Waals surface area contributed by atoms with Crippen molar-refractivity contribution < 1.29 is 9.59 Å². The van der Waals surface area contributed by atoms with Crippen molar-refractivity contribution in [3.05, 3.63) is 95.0 Å². The van der Waals surface area contributed by atoms with Gasteiger partial charge in [-0.15, -0.1) is 12.6 Å². The molecule has 2 amide bonds. The van der Waals surface area contributed by atoms with Crippen molar-refractivity contribution in [3.8, 4) is 0 Å². The first-order valence-electron chi connectivity index (χ1n) is 12.1. The van der Waals surface area contributed by atoms with Crippen molar-refractivity contribution in [2.75, 3.05) is 37.9 Å². The first-order valence-corrected chi connectivity index (χ1v) is 13.4. The average molecular weight is 546 g/mol. The zero-order valence-electron chi connectivity index (χ0n) is 21.9. The van der Waals surface area contributed by atoms with Gasteiger partial charge in [-0.3, -0.25) is 14.5 Å². The summed E-state index contributed by atoms with van der Waals surface area (Å²) in [6.07, 6.45) is 0. The van der Waals surface area contributed by atoms with Gasteiger partial charge in [0, 0.05) is 23.3 Å². The minimum Gasteiger partial charge on any atom is -0.346 e. The number of carbonyl (C=O) groups is 2. The summed E-state index contributed by atoms with van der Waals surface area (Å²) in [6, 6.07) is 25.0. The quantitative estimate of drug-likeness (QED) is 0.285. The number of thioether (sulfide) groups is 1. The predicted octanol–water partition coefficient (Wildman–Crippen LogP) is 5.61. The molecule has 4 rings (SSSR count). The summed E-state index contributed by atoms with van der Waals surface area (Å²) >= 11 is 5.95.